The number of amides is 2. The number of esters is 1. The third-order valence-corrected chi connectivity index (χ3v) is 5.57. The number of rotatable bonds is 8. The van der Waals surface area contributed by atoms with Gasteiger partial charge in [-0.2, -0.15) is 0 Å². The van der Waals surface area contributed by atoms with Crippen LogP contribution in [0.3, 0.4) is 0 Å². The first kappa shape index (κ1) is 29.1. The maximum atomic E-state index is 12.4. The number of carbonyl (C=O) groups is 3. The molecule has 0 spiro atoms. The van der Waals surface area contributed by atoms with E-state index in [1.54, 1.807) is 20.8 Å². The summed E-state index contributed by atoms with van der Waals surface area (Å²) in [5.41, 5.74) is 1.89. The Bertz CT molecular complexity index is 1350. The van der Waals surface area contributed by atoms with Gasteiger partial charge in [0.1, 0.15) is 18.2 Å². The van der Waals surface area contributed by atoms with Crippen molar-refractivity contribution in [2.45, 2.75) is 51.9 Å². The molecule has 0 radical (unpaired) electrons. The zero-order valence-electron chi connectivity index (χ0n) is 22.7. The Labute approximate surface area is 229 Å². The van der Waals surface area contributed by atoms with E-state index in [-0.39, 0.29) is 13.0 Å². The van der Waals surface area contributed by atoms with Gasteiger partial charge in [0.2, 0.25) is 0 Å². The second-order valence-corrected chi connectivity index (χ2v) is 9.78. The molecule has 3 rings (SSSR count). The minimum Gasteiger partial charge on any atom is -0.467 e. The van der Waals surface area contributed by atoms with Crippen LogP contribution < -0.4 is 10.6 Å². The highest BCUT2D eigenvalue weighted by atomic mass is 16.6. The number of hydrogen-bond acceptors (Lipinski definition) is 6. The van der Waals surface area contributed by atoms with Crippen molar-refractivity contribution in [2.24, 2.45) is 0 Å². The molecule has 0 aromatic heterocycles. The number of carbonyl (C=O) groups excluding carboxylic acids is 3. The van der Waals surface area contributed by atoms with Crippen molar-refractivity contribution in [1.82, 2.24) is 10.6 Å². The van der Waals surface area contributed by atoms with E-state index < -0.39 is 29.8 Å². The highest BCUT2D eigenvalue weighted by molar-refractivity contribution is 5.92. The molecule has 3 aromatic carbocycles. The third-order valence-electron chi connectivity index (χ3n) is 5.57. The number of methoxy groups -OCH3 is 1. The van der Waals surface area contributed by atoms with Crippen molar-refractivity contribution < 1.29 is 28.6 Å². The average Bonchev–Trinajstić information content (AvgIpc) is 2.91. The molecule has 2 N–H and O–H groups in total. The fourth-order valence-corrected chi connectivity index (χ4v) is 3.81. The first-order chi connectivity index (χ1) is 18.7. The number of fused-ring (bicyclic) bond motifs is 1. The van der Waals surface area contributed by atoms with E-state index in [0.29, 0.717) is 13.0 Å². The van der Waals surface area contributed by atoms with Gasteiger partial charge in [-0.1, -0.05) is 72.5 Å². The molecule has 0 aliphatic carbocycles. The van der Waals surface area contributed by atoms with Gasteiger partial charge in [-0.15, -0.1) is 0 Å². The van der Waals surface area contributed by atoms with Crippen LogP contribution in [0.1, 0.15) is 43.9 Å². The predicted molar refractivity (Wildman–Crippen MR) is 149 cm³/mol. The van der Waals surface area contributed by atoms with E-state index >= 15 is 0 Å². The molecule has 0 aliphatic rings. The summed E-state index contributed by atoms with van der Waals surface area (Å²) in [6.07, 6.45) is -0.520. The van der Waals surface area contributed by atoms with Crippen molar-refractivity contribution in [2.75, 3.05) is 13.7 Å². The van der Waals surface area contributed by atoms with E-state index in [2.05, 4.69) is 22.5 Å². The first-order valence-electron chi connectivity index (χ1n) is 12.7. The summed E-state index contributed by atoms with van der Waals surface area (Å²) in [6.45, 7) is 5.82. The fourth-order valence-electron chi connectivity index (χ4n) is 3.81. The van der Waals surface area contributed by atoms with Crippen LogP contribution in [0.2, 0.25) is 0 Å². The SMILES string of the molecule is COC(=O)[C@@H](Cc1ccc(C#CCCNC(=O)OCc2ccccc2)c2ccccc12)NC(=O)OC(C)(C)C. The smallest absolute Gasteiger partial charge is 0.408 e. The van der Waals surface area contributed by atoms with Crippen molar-refractivity contribution in [1.29, 1.82) is 0 Å². The topological polar surface area (TPSA) is 103 Å². The van der Waals surface area contributed by atoms with Crippen molar-refractivity contribution >= 4 is 28.9 Å². The number of ether oxygens (including phenoxy) is 3. The standard InChI is InChI=1S/C31H34N2O6/c1-31(2,3)39-30(36)33-27(28(34)37-4)20-24-18-17-23(25-15-8-9-16-26(24)25)14-10-11-19-32-29(35)38-21-22-12-6-5-7-13-22/h5-9,12-13,15-18,27H,11,19-21H2,1-4H3,(H,32,35)(H,33,36)/t27-/m1/s1. The molecule has 0 fully saturated rings. The second kappa shape index (κ2) is 13.9. The van der Waals surface area contributed by atoms with Gasteiger partial charge < -0.3 is 24.8 Å². The number of alkyl carbamates (subject to hydrolysis) is 2. The molecule has 8 heteroatoms. The molecule has 0 saturated carbocycles. The van der Waals surface area contributed by atoms with E-state index in [4.69, 9.17) is 14.2 Å². The number of benzene rings is 3. The Hall–Kier alpha value is -4.51. The molecular formula is C31H34N2O6. The summed E-state index contributed by atoms with van der Waals surface area (Å²) in [7, 11) is 1.28. The van der Waals surface area contributed by atoms with Crippen LogP contribution in [0.25, 0.3) is 10.8 Å². The van der Waals surface area contributed by atoms with Gasteiger partial charge in [0.05, 0.1) is 7.11 Å². The highest BCUT2D eigenvalue weighted by Gasteiger charge is 2.26. The van der Waals surface area contributed by atoms with Crippen LogP contribution in [-0.4, -0.2) is 43.5 Å². The Morgan fingerprint density at radius 1 is 0.897 bits per heavy atom. The Balaban J connectivity index is 1.64. The maximum absolute atomic E-state index is 12.4. The molecular weight excluding hydrogens is 496 g/mol. The summed E-state index contributed by atoms with van der Waals surface area (Å²) >= 11 is 0. The molecule has 0 bridgehead atoms. The van der Waals surface area contributed by atoms with Gasteiger partial charge >= 0.3 is 18.2 Å². The maximum Gasteiger partial charge on any atom is 0.408 e. The predicted octanol–water partition coefficient (Wildman–Crippen LogP) is 5.12. The zero-order valence-corrected chi connectivity index (χ0v) is 22.7. The Kier molecular flexibility index (Phi) is 10.3. The molecule has 39 heavy (non-hydrogen) atoms. The number of hydrogen-bond donors (Lipinski definition) is 2. The second-order valence-electron chi connectivity index (χ2n) is 9.78. The van der Waals surface area contributed by atoms with Crippen LogP contribution in [0.4, 0.5) is 9.59 Å². The minimum absolute atomic E-state index is 0.209. The van der Waals surface area contributed by atoms with Gasteiger partial charge in [0, 0.05) is 24.9 Å². The molecule has 0 unspecified atom stereocenters. The quantitative estimate of drug-likeness (QED) is 0.181. The lowest BCUT2D eigenvalue weighted by atomic mass is 9.95. The van der Waals surface area contributed by atoms with Crippen molar-refractivity contribution in [3.63, 3.8) is 0 Å². The van der Waals surface area contributed by atoms with E-state index in [0.717, 1.165) is 27.5 Å². The highest BCUT2D eigenvalue weighted by Crippen LogP contribution is 2.24. The van der Waals surface area contributed by atoms with Crippen LogP contribution in [0.15, 0.2) is 66.7 Å². The van der Waals surface area contributed by atoms with Crippen LogP contribution in [0, 0.1) is 11.8 Å². The van der Waals surface area contributed by atoms with Crippen LogP contribution >= 0.6 is 0 Å². The van der Waals surface area contributed by atoms with Crippen LogP contribution in [0.5, 0.6) is 0 Å². The minimum atomic E-state index is -0.919. The van der Waals surface area contributed by atoms with E-state index in [9.17, 15) is 14.4 Å². The molecule has 3 aromatic rings. The molecule has 0 heterocycles. The largest absolute Gasteiger partial charge is 0.467 e. The van der Waals surface area contributed by atoms with Gasteiger partial charge in [0.25, 0.3) is 0 Å². The Morgan fingerprint density at radius 3 is 2.28 bits per heavy atom. The van der Waals surface area contributed by atoms with E-state index in [1.165, 1.54) is 7.11 Å². The number of nitrogens with one attached hydrogen (secondary N) is 2. The van der Waals surface area contributed by atoms with Crippen LogP contribution in [-0.2, 0) is 32.0 Å². The molecule has 0 saturated heterocycles. The summed E-state index contributed by atoms with van der Waals surface area (Å²) < 4.78 is 15.4. The Morgan fingerprint density at radius 2 is 1.59 bits per heavy atom. The summed E-state index contributed by atoms with van der Waals surface area (Å²) in [5, 5.41) is 7.14. The molecule has 2 amide bonds. The van der Waals surface area contributed by atoms with Gasteiger partial charge in [-0.25, -0.2) is 14.4 Å². The average molecular weight is 531 g/mol. The summed E-state index contributed by atoms with van der Waals surface area (Å²) in [6, 6.07) is 20.0. The lowest BCUT2D eigenvalue weighted by Gasteiger charge is -2.23. The van der Waals surface area contributed by atoms with Crippen molar-refractivity contribution in [3.8, 4) is 11.8 Å². The third kappa shape index (κ3) is 9.38. The van der Waals surface area contributed by atoms with Gasteiger partial charge in [-0.05, 0) is 48.7 Å². The normalized spacial score (nSPS) is 11.5. The van der Waals surface area contributed by atoms with Gasteiger partial charge in [0.15, 0.2) is 0 Å². The lowest BCUT2D eigenvalue weighted by Crippen LogP contribution is -2.45. The lowest BCUT2D eigenvalue weighted by molar-refractivity contribution is -0.143. The molecule has 204 valence electrons. The van der Waals surface area contributed by atoms with Gasteiger partial charge in [-0.3, -0.25) is 0 Å². The monoisotopic (exact) mass is 530 g/mol. The zero-order chi connectivity index (χ0) is 28.3. The van der Waals surface area contributed by atoms with Crippen molar-refractivity contribution in [3.05, 3.63) is 83.4 Å². The fraction of sp³-hybridized carbons (Fsp3) is 0.323. The summed E-state index contributed by atoms with van der Waals surface area (Å²) in [5.74, 6) is 5.69. The molecule has 8 nitrogen and oxygen atoms in total. The summed E-state index contributed by atoms with van der Waals surface area (Å²) in [4.78, 5) is 36.7. The first-order valence-corrected chi connectivity index (χ1v) is 12.7. The molecule has 0 aliphatic heterocycles. The van der Waals surface area contributed by atoms with E-state index in [1.807, 2.05) is 66.7 Å². The molecule has 1 atom stereocenters.